The molecule has 0 saturated carbocycles. The van der Waals surface area contributed by atoms with Crippen molar-refractivity contribution in [1.82, 2.24) is 0 Å². The summed E-state index contributed by atoms with van der Waals surface area (Å²) in [7, 11) is -0.892. The minimum atomic E-state index is -0.446. The van der Waals surface area contributed by atoms with E-state index in [1.807, 2.05) is 0 Å². The zero-order valence-corrected chi connectivity index (χ0v) is 27.9. The van der Waals surface area contributed by atoms with Gasteiger partial charge < -0.3 is 0 Å². The van der Waals surface area contributed by atoms with Crippen molar-refractivity contribution in [2.24, 2.45) is 0 Å². The van der Waals surface area contributed by atoms with Gasteiger partial charge in [0.2, 0.25) is 0 Å². The van der Waals surface area contributed by atoms with Gasteiger partial charge in [-0.1, -0.05) is 182 Å². The molecule has 0 aliphatic heterocycles. The average molecular weight is 781 g/mol. The van der Waals surface area contributed by atoms with Crippen LogP contribution in [-0.4, -0.2) is 0 Å². The van der Waals surface area contributed by atoms with Gasteiger partial charge in [-0.05, 0) is 47.7 Å². The van der Waals surface area contributed by atoms with Gasteiger partial charge in [0, 0.05) is 20.1 Å². The Labute approximate surface area is 272 Å². The maximum atomic E-state index is 7.50. The number of hydrogen-bond acceptors (Lipinski definition) is 0. The summed E-state index contributed by atoms with van der Waals surface area (Å²) in [4.78, 5) is 0. The molecule has 0 bridgehead atoms. The number of hydrogen-bond donors (Lipinski definition) is 0. The Balaban J connectivity index is 0.000000265. The van der Waals surface area contributed by atoms with E-state index >= 15 is 0 Å². The number of rotatable bonds is 6. The van der Waals surface area contributed by atoms with Crippen LogP contribution in [-0.2, 0) is 24.8 Å². The first-order valence-corrected chi connectivity index (χ1v) is 15.7. The molecular formula is C37H31ClIrOP2. The minimum absolute atomic E-state index is 0. The SMILES string of the molecule is Cl.[C-]#[O+].[Ir].c1ccc(P(c2ccccc2)c2ccccc2)cc1.c1ccc(P(c2ccccc2)c2ccccc2)cc1. The van der Waals surface area contributed by atoms with E-state index in [-0.39, 0.29) is 32.5 Å². The molecule has 1 radical (unpaired) electrons. The molecule has 0 atom stereocenters. The predicted octanol–water partition coefficient (Wildman–Crippen LogP) is 7.27. The van der Waals surface area contributed by atoms with Gasteiger partial charge in [-0.2, -0.15) is 0 Å². The van der Waals surface area contributed by atoms with Crippen LogP contribution in [0.4, 0.5) is 0 Å². The quantitative estimate of drug-likeness (QED) is 0.0964. The average Bonchev–Trinajstić information content (AvgIpc) is 3.06. The van der Waals surface area contributed by atoms with Crippen LogP contribution < -0.4 is 31.8 Å². The first kappa shape index (κ1) is 35.1. The molecular weight excluding hydrogens is 750 g/mol. The van der Waals surface area contributed by atoms with Crippen LogP contribution in [0, 0.1) is 6.65 Å². The fraction of sp³-hybridized carbons (Fsp3) is 0. The molecule has 0 aliphatic carbocycles. The van der Waals surface area contributed by atoms with Crippen LogP contribution in [0.25, 0.3) is 0 Å². The fourth-order valence-electron chi connectivity index (χ4n) is 4.36. The fourth-order valence-corrected chi connectivity index (χ4v) is 8.97. The van der Waals surface area contributed by atoms with Crippen molar-refractivity contribution in [3.05, 3.63) is 189 Å². The van der Waals surface area contributed by atoms with Gasteiger partial charge in [-0.3, -0.25) is 0 Å². The first-order chi connectivity index (χ1) is 19.9. The standard InChI is InChI=1S/2C18H15P.CO.ClH.Ir/c2*1-4-10-16(11-5-1)19(17-12-6-2-7-13-17)18-14-8-3-9-15-18;1-2;;/h2*1-15H;;1H;. The van der Waals surface area contributed by atoms with E-state index in [1.165, 1.54) is 31.8 Å². The third-order valence-corrected chi connectivity index (χ3v) is 11.0. The van der Waals surface area contributed by atoms with Gasteiger partial charge >= 0.3 is 11.3 Å². The monoisotopic (exact) mass is 781 g/mol. The van der Waals surface area contributed by atoms with Crippen LogP contribution in [0.5, 0.6) is 0 Å². The van der Waals surface area contributed by atoms with E-state index in [0.717, 1.165) is 0 Å². The van der Waals surface area contributed by atoms with Crippen LogP contribution in [0.15, 0.2) is 182 Å². The molecule has 6 aromatic rings. The van der Waals surface area contributed by atoms with Gasteiger partial charge in [0.1, 0.15) is 0 Å². The maximum Gasteiger partial charge on any atom is 0 e. The summed E-state index contributed by atoms with van der Waals surface area (Å²) >= 11 is 0. The van der Waals surface area contributed by atoms with Crippen molar-refractivity contribution < 1.29 is 24.8 Å². The molecule has 0 heterocycles. The molecule has 0 amide bonds. The van der Waals surface area contributed by atoms with Crippen molar-refractivity contribution >= 4 is 60.1 Å². The van der Waals surface area contributed by atoms with Gasteiger partial charge in [0.15, 0.2) is 0 Å². The zero-order valence-electron chi connectivity index (χ0n) is 22.9. The summed E-state index contributed by atoms with van der Waals surface area (Å²) < 4.78 is 7.50. The summed E-state index contributed by atoms with van der Waals surface area (Å²) in [6.45, 7) is 4.50. The van der Waals surface area contributed by atoms with E-state index in [9.17, 15) is 0 Å². The van der Waals surface area contributed by atoms with Crippen molar-refractivity contribution in [3.63, 3.8) is 0 Å². The molecule has 211 valence electrons. The van der Waals surface area contributed by atoms with Gasteiger partial charge in [0.25, 0.3) is 0 Å². The Kier molecular flexibility index (Phi) is 16.6. The molecule has 6 aromatic carbocycles. The molecule has 0 aromatic heterocycles. The van der Waals surface area contributed by atoms with Crippen LogP contribution >= 0.6 is 28.3 Å². The molecule has 5 heteroatoms. The van der Waals surface area contributed by atoms with Gasteiger partial charge in [-0.15, -0.1) is 12.4 Å². The maximum absolute atomic E-state index is 7.50. The number of halogens is 1. The zero-order chi connectivity index (χ0) is 27.8. The van der Waals surface area contributed by atoms with Crippen LogP contribution in [0.1, 0.15) is 0 Å². The number of benzene rings is 6. The largest absolute Gasteiger partial charge is 0.0622 e. The summed E-state index contributed by atoms with van der Waals surface area (Å²) in [5, 5.41) is 8.39. The van der Waals surface area contributed by atoms with E-state index in [1.54, 1.807) is 0 Å². The second-order valence-corrected chi connectivity index (χ2v) is 13.1. The third kappa shape index (κ3) is 10.00. The Morgan fingerprint density at radius 2 is 0.405 bits per heavy atom. The Morgan fingerprint density at radius 1 is 0.286 bits per heavy atom. The van der Waals surface area contributed by atoms with Gasteiger partial charge in [-0.25, -0.2) is 0 Å². The Morgan fingerprint density at radius 3 is 0.524 bits per heavy atom. The van der Waals surface area contributed by atoms with Crippen molar-refractivity contribution in [1.29, 1.82) is 0 Å². The Bertz CT molecular complexity index is 1230. The third-order valence-electron chi connectivity index (χ3n) is 6.09. The van der Waals surface area contributed by atoms with Crippen molar-refractivity contribution in [3.8, 4) is 0 Å². The smallest absolute Gasteiger partial charge is 0 e. The Hall–Kier alpha value is -3.14. The summed E-state index contributed by atoms with van der Waals surface area (Å²) in [6.07, 6.45) is 0. The summed E-state index contributed by atoms with van der Waals surface area (Å²) in [5.74, 6) is 0. The van der Waals surface area contributed by atoms with E-state index < -0.39 is 15.8 Å². The summed E-state index contributed by atoms with van der Waals surface area (Å²) in [6, 6.07) is 64.7. The molecule has 0 N–H and O–H groups in total. The van der Waals surface area contributed by atoms with Crippen LogP contribution in [0.2, 0.25) is 0 Å². The van der Waals surface area contributed by atoms with Crippen molar-refractivity contribution in [2.75, 3.05) is 0 Å². The predicted molar refractivity (Wildman–Crippen MR) is 181 cm³/mol. The molecule has 0 saturated heterocycles. The van der Waals surface area contributed by atoms with Crippen LogP contribution in [0.3, 0.4) is 0 Å². The molecule has 1 nitrogen and oxygen atoms in total. The molecule has 6 rings (SSSR count). The summed E-state index contributed by atoms with van der Waals surface area (Å²) in [5.41, 5.74) is 0. The molecule has 0 spiro atoms. The first-order valence-electron chi connectivity index (χ1n) is 13.0. The van der Waals surface area contributed by atoms with E-state index in [2.05, 4.69) is 189 Å². The minimum Gasteiger partial charge on any atom is -0.0622 e. The topological polar surface area (TPSA) is 19.9 Å². The van der Waals surface area contributed by atoms with E-state index in [4.69, 9.17) is 4.65 Å². The molecule has 0 unspecified atom stereocenters. The van der Waals surface area contributed by atoms with Gasteiger partial charge in [0.05, 0.1) is 0 Å². The van der Waals surface area contributed by atoms with E-state index in [0.29, 0.717) is 0 Å². The molecule has 0 aliphatic rings. The second-order valence-electron chi connectivity index (χ2n) is 8.68. The second kappa shape index (κ2) is 19.9. The normalized spacial score (nSPS) is 9.62. The molecule has 42 heavy (non-hydrogen) atoms. The molecule has 0 fully saturated rings. The van der Waals surface area contributed by atoms with Crippen molar-refractivity contribution in [2.45, 2.75) is 0 Å².